The molecule has 0 bridgehead atoms. The maximum atomic E-state index is 6.18. The van der Waals surface area contributed by atoms with Crippen LogP contribution in [-0.4, -0.2) is 44.2 Å². The number of nitrogens with two attached hydrogens (primary N) is 1. The van der Waals surface area contributed by atoms with Gasteiger partial charge in [-0.3, -0.25) is 0 Å². The molecule has 0 radical (unpaired) electrons. The zero-order valence-corrected chi connectivity index (χ0v) is 11.2. The van der Waals surface area contributed by atoms with Crippen molar-refractivity contribution in [3.63, 3.8) is 0 Å². The Bertz CT molecular complexity index is 394. The summed E-state index contributed by atoms with van der Waals surface area (Å²) in [4.78, 5) is 4.69. The van der Waals surface area contributed by atoms with Gasteiger partial charge in [0.05, 0.1) is 6.04 Å². The first kappa shape index (κ1) is 12.7. The number of nitrogens with zero attached hydrogens (tertiary/aromatic N) is 2. The fourth-order valence-corrected chi connectivity index (χ4v) is 2.49. The minimum Gasteiger partial charge on any atom is -0.365 e. The largest absolute Gasteiger partial charge is 0.365 e. The van der Waals surface area contributed by atoms with Gasteiger partial charge in [-0.1, -0.05) is 17.7 Å². The number of benzene rings is 1. The van der Waals surface area contributed by atoms with E-state index in [1.165, 1.54) is 5.69 Å². The zero-order chi connectivity index (χ0) is 12.4. The highest BCUT2D eigenvalue weighted by Crippen LogP contribution is 2.25. The van der Waals surface area contributed by atoms with Crippen molar-refractivity contribution in [2.24, 2.45) is 5.73 Å². The molecule has 3 nitrogen and oxygen atoms in total. The quantitative estimate of drug-likeness (QED) is 0.871. The third kappa shape index (κ3) is 2.73. The first-order chi connectivity index (χ1) is 8.11. The minimum absolute atomic E-state index is 0.382. The molecule has 1 unspecified atom stereocenters. The molecule has 0 saturated carbocycles. The van der Waals surface area contributed by atoms with Gasteiger partial charge in [0.25, 0.3) is 0 Å². The molecule has 0 spiro atoms. The second-order valence-corrected chi connectivity index (χ2v) is 5.19. The van der Waals surface area contributed by atoms with Gasteiger partial charge in [0.1, 0.15) is 0 Å². The van der Waals surface area contributed by atoms with Crippen LogP contribution < -0.4 is 10.6 Å². The standard InChI is InChI=1S/C13H20ClN3/c1-10-3-4-11(7-13(10)14)17-6-5-16(2)9-12(17)8-15/h3-4,7,12H,5-6,8-9,15H2,1-2H3. The second-order valence-electron chi connectivity index (χ2n) is 4.78. The predicted octanol–water partition coefficient (Wildman–Crippen LogP) is 1.73. The van der Waals surface area contributed by atoms with E-state index in [4.69, 9.17) is 17.3 Å². The maximum absolute atomic E-state index is 6.18. The number of aryl methyl sites for hydroxylation is 1. The first-order valence-corrected chi connectivity index (χ1v) is 6.41. The number of rotatable bonds is 2. The highest BCUT2D eigenvalue weighted by atomic mass is 35.5. The van der Waals surface area contributed by atoms with Crippen molar-refractivity contribution >= 4 is 17.3 Å². The van der Waals surface area contributed by atoms with Crippen LogP contribution in [0.1, 0.15) is 5.56 Å². The maximum Gasteiger partial charge on any atom is 0.0539 e. The Morgan fingerprint density at radius 1 is 1.41 bits per heavy atom. The van der Waals surface area contributed by atoms with E-state index in [2.05, 4.69) is 29.0 Å². The molecule has 1 fully saturated rings. The summed E-state index contributed by atoms with van der Waals surface area (Å²) in [6.45, 7) is 5.80. The fraction of sp³-hybridized carbons (Fsp3) is 0.538. The van der Waals surface area contributed by atoms with Crippen molar-refractivity contribution in [1.29, 1.82) is 0 Å². The molecular weight excluding hydrogens is 234 g/mol. The molecule has 0 aliphatic carbocycles. The Hall–Kier alpha value is -0.770. The van der Waals surface area contributed by atoms with E-state index in [0.717, 1.165) is 30.2 Å². The van der Waals surface area contributed by atoms with Gasteiger partial charge in [-0.2, -0.15) is 0 Å². The summed E-state index contributed by atoms with van der Waals surface area (Å²) >= 11 is 6.18. The Morgan fingerprint density at radius 3 is 2.82 bits per heavy atom. The van der Waals surface area contributed by atoms with E-state index in [-0.39, 0.29) is 0 Å². The Kier molecular flexibility index (Phi) is 3.92. The molecule has 0 aromatic heterocycles. The molecule has 1 heterocycles. The average Bonchev–Trinajstić information content (AvgIpc) is 2.32. The summed E-state index contributed by atoms with van der Waals surface area (Å²) < 4.78 is 0. The molecule has 17 heavy (non-hydrogen) atoms. The molecule has 1 aromatic rings. The van der Waals surface area contributed by atoms with Crippen molar-refractivity contribution < 1.29 is 0 Å². The summed E-state index contributed by atoms with van der Waals surface area (Å²) in [5.74, 6) is 0. The molecule has 1 saturated heterocycles. The lowest BCUT2D eigenvalue weighted by Gasteiger charge is -2.41. The van der Waals surface area contributed by atoms with Crippen LogP contribution in [0.25, 0.3) is 0 Å². The Morgan fingerprint density at radius 2 is 2.18 bits per heavy atom. The minimum atomic E-state index is 0.382. The smallest absolute Gasteiger partial charge is 0.0539 e. The van der Waals surface area contributed by atoms with Crippen LogP contribution in [0.4, 0.5) is 5.69 Å². The number of anilines is 1. The third-order valence-corrected chi connectivity index (χ3v) is 3.85. The average molecular weight is 254 g/mol. The summed E-state index contributed by atoms with van der Waals surface area (Å²) in [7, 11) is 2.14. The van der Waals surface area contributed by atoms with Crippen molar-refractivity contribution in [3.05, 3.63) is 28.8 Å². The number of hydrogen-bond acceptors (Lipinski definition) is 3. The SMILES string of the molecule is Cc1ccc(N2CCN(C)CC2CN)cc1Cl. The number of likely N-dealkylation sites (N-methyl/N-ethyl adjacent to an activating group) is 1. The Labute approximate surface area is 108 Å². The van der Waals surface area contributed by atoms with E-state index in [9.17, 15) is 0 Å². The van der Waals surface area contributed by atoms with E-state index in [1.54, 1.807) is 0 Å². The summed E-state index contributed by atoms with van der Waals surface area (Å²) in [6.07, 6.45) is 0. The van der Waals surface area contributed by atoms with Crippen molar-refractivity contribution in [3.8, 4) is 0 Å². The van der Waals surface area contributed by atoms with Gasteiger partial charge in [0.2, 0.25) is 0 Å². The van der Waals surface area contributed by atoms with Crippen LogP contribution in [0.2, 0.25) is 5.02 Å². The van der Waals surface area contributed by atoms with Crippen molar-refractivity contribution in [2.75, 3.05) is 38.1 Å². The topological polar surface area (TPSA) is 32.5 Å². The molecular formula is C13H20ClN3. The lowest BCUT2D eigenvalue weighted by molar-refractivity contribution is 0.270. The van der Waals surface area contributed by atoms with Crippen LogP contribution in [0, 0.1) is 6.92 Å². The molecule has 2 N–H and O–H groups in total. The molecule has 1 aliphatic rings. The lowest BCUT2D eigenvalue weighted by atomic mass is 10.1. The highest BCUT2D eigenvalue weighted by molar-refractivity contribution is 6.31. The number of hydrogen-bond donors (Lipinski definition) is 1. The molecule has 4 heteroatoms. The lowest BCUT2D eigenvalue weighted by Crippen LogP contribution is -2.55. The highest BCUT2D eigenvalue weighted by Gasteiger charge is 2.24. The predicted molar refractivity (Wildman–Crippen MR) is 73.9 cm³/mol. The third-order valence-electron chi connectivity index (χ3n) is 3.44. The van der Waals surface area contributed by atoms with Crippen LogP contribution in [0.3, 0.4) is 0 Å². The van der Waals surface area contributed by atoms with E-state index in [0.29, 0.717) is 12.6 Å². The van der Waals surface area contributed by atoms with Crippen molar-refractivity contribution in [1.82, 2.24) is 4.90 Å². The summed E-state index contributed by atoms with van der Waals surface area (Å²) in [6, 6.07) is 6.64. The fourth-order valence-electron chi connectivity index (χ4n) is 2.31. The monoisotopic (exact) mass is 253 g/mol. The normalized spacial score (nSPS) is 21.9. The summed E-state index contributed by atoms with van der Waals surface area (Å²) in [5, 5.41) is 0.831. The second kappa shape index (κ2) is 5.25. The van der Waals surface area contributed by atoms with Gasteiger partial charge >= 0.3 is 0 Å². The van der Waals surface area contributed by atoms with Crippen LogP contribution in [-0.2, 0) is 0 Å². The van der Waals surface area contributed by atoms with Crippen LogP contribution >= 0.6 is 11.6 Å². The van der Waals surface area contributed by atoms with Gasteiger partial charge in [-0.15, -0.1) is 0 Å². The molecule has 1 aliphatic heterocycles. The van der Waals surface area contributed by atoms with Gasteiger partial charge in [0.15, 0.2) is 0 Å². The van der Waals surface area contributed by atoms with Crippen LogP contribution in [0.5, 0.6) is 0 Å². The van der Waals surface area contributed by atoms with E-state index < -0.39 is 0 Å². The number of halogens is 1. The molecule has 94 valence electrons. The Balaban J connectivity index is 2.22. The van der Waals surface area contributed by atoms with Crippen molar-refractivity contribution in [2.45, 2.75) is 13.0 Å². The molecule has 0 amide bonds. The van der Waals surface area contributed by atoms with Crippen LogP contribution in [0.15, 0.2) is 18.2 Å². The van der Waals surface area contributed by atoms with Gasteiger partial charge in [0, 0.05) is 36.9 Å². The van der Waals surface area contributed by atoms with E-state index in [1.807, 2.05) is 13.0 Å². The van der Waals surface area contributed by atoms with Gasteiger partial charge in [-0.25, -0.2) is 0 Å². The molecule has 2 rings (SSSR count). The molecule has 1 atom stereocenters. The summed E-state index contributed by atoms with van der Waals surface area (Å²) in [5.41, 5.74) is 8.16. The molecule has 1 aromatic carbocycles. The van der Waals surface area contributed by atoms with E-state index >= 15 is 0 Å². The van der Waals surface area contributed by atoms with Gasteiger partial charge < -0.3 is 15.5 Å². The van der Waals surface area contributed by atoms with Gasteiger partial charge in [-0.05, 0) is 31.7 Å². The first-order valence-electron chi connectivity index (χ1n) is 6.03. The number of piperazine rings is 1. The zero-order valence-electron chi connectivity index (χ0n) is 10.5.